The topological polar surface area (TPSA) is 0 Å². The van der Waals surface area contributed by atoms with Gasteiger partial charge in [-0.3, -0.25) is 0 Å². The summed E-state index contributed by atoms with van der Waals surface area (Å²) in [5, 5.41) is 0. The number of fused-ring (bicyclic) bond motifs is 3. The van der Waals surface area contributed by atoms with Crippen molar-refractivity contribution in [1.82, 2.24) is 0 Å². The Morgan fingerprint density at radius 1 is 0.500 bits per heavy atom. The first-order chi connectivity index (χ1) is 12.9. The summed E-state index contributed by atoms with van der Waals surface area (Å²) < 4.78 is 4.72. The van der Waals surface area contributed by atoms with E-state index in [9.17, 15) is 0 Å². The zero-order valence-corrected chi connectivity index (χ0v) is 17.0. The molecule has 0 atom stereocenters. The number of benzene rings is 4. The summed E-state index contributed by atoms with van der Waals surface area (Å²) in [6.45, 7) is 0. The molecule has 0 aromatic heterocycles. The van der Waals surface area contributed by atoms with Crippen LogP contribution in [0.3, 0.4) is 0 Å². The molecule has 0 nitrogen and oxygen atoms in total. The monoisotopic (exact) mass is 409 g/mol. The van der Waals surface area contributed by atoms with Crippen molar-refractivity contribution in [3.63, 3.8) is 0 Å². The Labute approximate surface area is 162 Å². The van der Waals surface area contributed by atoms with Gasteiger partial charge in [0, 0.05) is 0 Å². The zero-order valence-electron chi connectivity index (χ0n) is 14.5. The van der Waals surface area contributed by atoms with Gasteiger partial charge in [-0.15, -0.1) is 0 Å². The van der Waals surface area contributed by atoms with Crippen LogP contribution in [0.1, 0.15) is 11.1 Å². The Morgan fingerprint density at radius 3 is 1.77 bits per heavy atom. The van der Waals surface area contributed by atoms with Gasteiger partial charge in [-0.05, 0) is 0 Å². The van der Waals surface area contributed by atoms with Crippen LogP contribution in [-0.2, 0) is 28.2 Å². The van der Waals surface area contributed by atoms with E-state index in [1.54, 1.807) is 15.4 Å². The zero-order chi connectivity index (χ0) is 17.3. The summed E-state index contributed by atoms with van der Waals surface area (Å²) in [5.74, 6) is 0. The van der Waals surface area contributed by atoms with Gasteiger partial charge in [0.05, 0.1) is 0 Å². The molecule has 0 unspecified atom stereocenters. The van der Waals surface area contributed by atoms with Crippen LogP contribution in [0, 0.1) is 0 Å². The van der Waals surface area contributed by atoms with Gasteiger partial charge in [0.2, 0.25) is 0 Å². The van der Waals surface area contributed by atoms with Crippen molar-refractivity contribution in [3.8, 4) is 11.1 Å². The van der Waals surface area contributed by atoms with Crippen molar-refractivity contribution in [3.05, 3.63) is 114 Å². The summed E-state index contributed by atoms with van der Waals surface area (Å²) in [4.78, 5) is 0. The van der Waals surface area contributed by atoms with Crippen LogP contribution >= 0.6 is 0 Å². The van der Waals surface area contributed by atoms with Crippen LogP contribution < -0.4 is 9.81 Å². The van der Waals surface area contributed by atoms with Crippen molar-refractivity contribution < 1.29 is 21.8 Å². The van der Waals surface area contributed by atoms with Gasteiger partial charge in [-0.25, -0.2) is 0 Å². The van der Waals surface area contributed by atoms with Crippen molar-refractivity contribution in [2.24, 2.45) is 0 Å². The van der Waals surface area contributed by atoms with Gasteiger partial charge in [-0.2, -0.15) is 0 Å². The number of rotatable bonds is 3. The van der Waals surface area contributed by atoms with Crippen LogP contribution in [-0.4, -0.2) is 0 Å². The van der Waals surface area contributed by atoms with Gasteiger partial charge in [0.15, 0.2) is 0 Å². The third-order valence-corrected chi connectivity index (χ3v) is 12.2. The fourth-order valence-electron chi connectivity index (χ4n) is 4.08. The van der Waals surface area contributed by atoms with Crippen molar-refractivity contribution in [2.75, 3.05) is 0 Å². The number of hydrogen-bond acceptors (Lipinski definition) is 0. The molecule has 1 aliphatic carbocycles. The third kappa shape index (κ3) is 2.72. The molecule has 0 spiro atoms. The molecule has 5 rings (SSSR count). The first kappa shape index (κ1) is 16.0. The van der Waals surface area contributed by atoms with E-state index < -0.39 is 21.8 Å². The Balaban J connectivity index is 1.72. The molecule has 0 saturated carbocycles. The van der Waals surface area contributed by atoms with E-state index in [0.717, 1.165) is 6.42 Å². The second kappa shape index (κ2) is 6.82. The molecular weight excluding hydrogens is 391 g/mol. The summed E-state index contributed by atoms with van der Waals surface area (Å²) in [6, 6.07) is 38.2. The Morgan fingerprint density at radius 2 is 1.08 bits per heavy atom. The summed E-state index contributed by atoms with van der Waals surface area (Å²) >= 11 is -2.21. The second-order valence-corrected chi connectivity index (χ2v) is 12.8. The molecule has 4 aromatic carbocycles. The molecule has 0 N–H and O–H groups in total. The molecule has 0 heterocycles. The fraction of sp³-hybridized carbons (Fsp3) is 0.0400. The minimum atomic E-state index is -2.21. The average molecular weight is 411 g/mol. The van der Waals surface area contributed by atoms with Gasteiger partial charge in [0.1, 0.15) is 0 Å². The number of hydrogen-bond donors (Lipinski definition) is 0. The Bertz CT molecular complexity index is 1010. The molecule has 1 heteroatoms. The SMILES string of the molecule is c1cc[c]([Zr]([c]2ccccc2)[c]2cccc3c2Cc2ccccc2-3)cc1. The molecule has 0 aliphatic heterocycles. The molecule has 0 saturated heterocycles. The van der Waals surface area contributed by atoms with Crippen molar-refractivity contribution >= 4 is 9.81 Å². The molecule has 26 heavy (non-hydrogen) atoms. The molecule has 4 aromatic rings. The van der Waals surface area contributed by atoms with E-state index in [1.807, 2.05) is 0 Å². The van der Waals surface area contributed by atoms with Gasteiger partial charge < -0.3 is 0 Å². The van der Waals surface area contributed by atoms with E-state index in [-0.39, 0.29) is 0 Å². The van der Waals surface area contributed by atoms with Crippen molar-refractivity contribution in [2.45, 2.75) is 6.42 Å². The van der Waals surface area contributed by atoms with E-state index in [0.29, 0.717) is 0 Å². The molecule has 0 bridgehead atoms. The summed E-state index contributed by atoms with van der Waals surface area (Å²) in [5.41, 5.74) is 5.91. The van der Waals surface area contributed by atoms with E-state index in [4.69, 9.17) is 0 Å². The average Bonchev–Trinajstić information content (AvgIpc) is 3.10. The maximum atomic E-state index is 2.40. The van der Waals surface area contributed by atoms with Crippen LogP contribution in [0.5, 0.6) is 0 Å². The van der Waals surface area contributed by atoms with Gasteiger partial charge in [0.25, 0.3) is 0 Å². The standard InChI is InChI=1S/C13H9.2C6H5.Zr/c1-3-7-12-10(5-1)9-11-6-2-4-8-13(11)12;2*1-2-4-6-5-3-1;/h1-5,7-8H,9H2;2*1-5H;. The minimum absolute atomic E-state index is 1.07. The first-order valence-electron chi connectivity index (χ1n) is 9.10. The summed E-state index contributed by atoms with van der Waals surface area (Å²) in [6.07, 6.45) is 1.07. The quantitative estimate of drug-likeness (QED) is 0.419. The molecule has 0 amide bonds. The third-order valence-electron chi connectivity index (χ3n) is 5.25. The second-order valence-electron chi connectivity index (χ2n) is 6.77. The Hall–Kier alpha value is -2.24. The molecule has 1 aliphatic rings. The van der Waals surface area contributed by atoms with Crippen LogP contribution in [0.4, 0.5) is 0 Å². The van der Waals surface area contributed by atoms with Crippen LogP contribution in [0.25, 0.3) is 11.1 Å². The summed E-state index contributed by atoms with van der Waals surface area (Å²) in [7, 11) is 0. The van der Waals surface area contributed by atoms with Crippen molar-refractivity contribution in [1.29, 1.82) is 0 Å². The Kier molecular flexibility index (Phi) is 4.19. The molecule has 0 fully saturated rings. The predicted octanol–water partition coefficient (Wildman–Crippen LogP) is 4.15. The first-order valence-corrected chi connectivity index (χ1v) is 12.8. The van der Waals surface area contributed by atoms with Crippen LogP contribution in [0.15, 0.2) is 103 Å². The van der Waals surface area contributed by atoms with Gasteiger partial charge in [-0.1, -0.05) is 0 Å². The van der Waals surface area contributed by atoms with E-state index in [2.05, 4.69) is 103 Å². The molecule has 0 radical (unpaired) electrons. The maximum absolute atomic E-state index is 2.40. The predicted molar refractivity (Wildman–Crippen MR) is 106 cm³/mol. The van der Waals surface area contributed by atoms with Gasteiger partial charge >= 0.3 is 163 Å². The molecular formula is C25H19Zr. The van der Waals surface area contributed by atoms with E-state index >= 15 is 0 Å². The molecule has 123 valence electrons. The fourth-order valence-corrected chi connectivity index (χ4v) is 10.9. The van der Waals surface area contributed by atoms with Crippen LogP contribution in [0.2, 0.25) is 0 Å². The van der Waals surface area contributed by atoms with E-state index in [1.165, 1.54) is 16.7 Å². The normalized spacial score (nSPS) is 11.7.